The minimum Gasteiger partial charge on any atom is -0.497 e. The van der Waals surface area contributed by atoms with Gasteiger partial charge in [-0.15, -0.1) is 0 Å². The fraction of sp³-hybridized carbons (Fsp3) is 0.115. The fourth-order valence-corrected chi connectivity index (χ4v) is 4.55. The van der Waals surface area contributed by atoms with Gasteiger partial charge in [-0.2, -0.15) is 5.10 Å². The third-order valence-corrected chi connectivity index (χ3v) is 6.27. The number of methoxy groups -OCH3 is 1. The Morgan fingerprint density at radius 1 is 0.971 bits per heavy atom. The highest BCUT2D eigenvalue weighted by atomic mass is 32.1. The quantitative estimate of drug-likeness (QED) is 0.294. The Morgan fingerprint density at radius 2 is 1.82 bits per heavy atom. The molecule has 0 bridgehead atoms. The van der Waals surface area contributed by atoms with Crippen LogP contribution in [0.4, 0.5) is 5.13 Å². The Kier molecular flexibility index (Phi) is 6.22. The maximum absolute atomic E-state index is 13.7. The van der Waals surface area contributed by atoms with E-state index >= 15 is 0 Å². The second-order valence-corrected chi connectivity index (χ2v) is 8.51. The van der Waals surface area contributed by atoms with Crippen LogP contribution in [0.1, 0.15) is 10.4 Å². The molecule has 170 valence electrons. The van der Waals surface area contributed by atoms with Gasteiger partial charge in [-0.05, 0) is 54.6 Å². The molecule has 0 aliphatic heterocycles. The number of carbonyl (C=O) groups excluding carboxylic acids is 1. The van der Waals surface area contributed by atoms with Gasteiger partial charge in [-0.1, -0.05) is 35.6 Å². The van der Waals surface area contributed by atoms with Crippen molar-refractivity contribution in [3.05, 3.63) is 96.8 Å². The lowest BCUT2D eigenvalue weighted by molar-refractivity contribution is 0.0985. The molecule has 2 aromatic heterocycles. The molecule has 0 atom stereocenters. The molecule has 5 rings (SSSR count). The monoisotopic (exact) mass is 470 g/mol. The molecule has 2 heterocycles. The number of nitrogens with zero attached hydrogens (tertiary/aromatic N) is 4. The van der Waals surface area contributed by atoms with Gasteiger partial charge in [0, 0.05) is 24.5 Å². The zero-order valence-corrected chi connectivity index (χ0v) is 19.3. The van der Waals surface area contributed by atoms with Crippen LogP contribution in [0.25, 0.3) is 10.2 Å². The molecule has 0 aliphatic rings. The number of anilines is 1. The van der Waals surface area contributed by atoms with Crippen molar-refractivity contribution < 1.29 is 14.3 Å². The van der Waals surface area contributed by atoms with Gasteiger partial charge in [-0.25, -0.2) is 4.98 Å². The molecule has 0 fully saturated rings. The summed E-state index contributed by atoms with van der Waals surface area (Å²) in [6.07, 6.45) is 3.60. The lowest BCUT2D eigenvalue weighted by Crippen LogP contribution is -2.34. The van der Waals surface area contributed by atoms with Crippen molar-refractivity contribution in [2.24, 2.45) is 0 Å². The zero-order chi connectivity index (χ0) is 23.3. The lowest BCUT2D eigenvalue weighted by Gasteiger charge is -2.20. The first-order valence-corrected chi connectivity index (χ1v) is 11.6. The van der Waals surface area contributed by atoms with E-state index in [1.807, 2.05) is 72.9 Å². The van der Waals surface area contributed by atoms with E-state index < -0.39 is 0 Å². The molecule has 0 saturated heterocycles. The van der Waals surface area contributed by atoms with Crippen molar-refractivity contribution in [3.8, 4) is 17.2 Å². The standard InChI is InChI=1S/C26H22N4O3S/c1-32-21-11-12-23-24(18-21)34-26(28-23)30(16-15-29-14-6-13-27-29)25(31)19-7-5-10-22(17-19)33-20-8-3-2-4-9-20/h2-14,17-18H,15-16H2,1H3. The Balaban J connectivity index is 1.46. The molecular weight excluding hydrogens is 448 g/mol. The third kappa shape index (κ3) is 4.77. The Morgan fingerprint density at radius 3 is 2.62 bits per heavy atom. The molecule has 0 N–H and O–H groups in total. The Hall–Kier alpha value is -4.17. The molecule has 1 amide bonds. The maximum atomic E-state index is 13.7. The summed E-state index contributed by atoms with van der Waals surface area (Å²) in [5.41, 5.74) is 1.34. The molecule has 34 heavy (non-hydrogen) atoms. The number of ether oxygens (including phenoxy) is 2. The van der Waals surface area contributed by atoms with E-state index in [2.05, 4.69) is 5.10 Å². The van der Waals surface area contributed by atoms with Gasteiger partial charge in [-0.3, -0.25) is 14.4 Å². The van der Waals surface area contributed by atoms with Crippen molar-refractivity contribution >= 4 is 32.6 Å². The number of rotatable bonds is 8. The predicted molar refractivity (Wildman–Crippen MR) is 133 cm³/mol. The van der Waals surface area contributed by atoms with E-state index in [1.54, 1.807) is 35.0 Å². The highest BCUT2D eigenvalue weighted by molar-refractivity contribution is 7.22. The molecule has 8 heteroatoms. The molecule has 0 radical (unpaired) electrons. The average Bonchev–Trinajstić information content (AvgIpc) is 3.54. The second kappa shape index (κ2) is 9.76. The van der Waals surface area contributed by atoms with Gasteiger partial charge < -0.3 is 9.47 Å². The van der Waals surface area contributed by atoms with Crippen LogP contribution in [-0.2, 0) is 6.54 Å². The van der Waals surface area contributed by atoms with E-state index in [0.29, 0.717) is 35.3 Å². The summed E-state index contributed by atoms with van der Waals surface area (Å²) in [6.45, 7) is 0.958. The summed E-state index contributed by atoms with van der Waals surface area (Å²) in [7, 11) is 1.63. The number of thiazole rings is 1. The van der Waals surface area contributed by atoms with Crippen LogP contribution in [-0.4, -0.2) is 34.3 Å². The zero-order valence-electron chi connectivity index (χ0n) is 18.5. The second-order valence-electron chi connectivity index (χ2n) is 7.50. The van der Waals surface area contributed by atoms with E-state index in [-0.39, 0.29) is 5.91 Å². The highest BCUT2D eigenvalue weighted by Crippen LogP contribution is 2.32. The smallest absolute Gasteiger partial charge is 0.260 e. The molecule has 0 spiro atoms. The molecule has 0 aliphatic carbocycles. The summed E-state index contributed by atoms with van der Waals surface area (Å²) in [4.78, 5) is 20.1. The minimum atomic E-state index is -0.156. The average molecular weight is 471 g/mol. The van der Waals surface area contributed by atoms with Crippen LogP contribution in [0.2, 0.25) is 0 Å². The van der Waals surface area contributed by atoms with E-state index in [9.17, 15) is 4.79 Å². The van der Waals surface area contributed by atoms with Gasteiger partial charge in [0.15, 0.2) is 5.13 Å². The van der Waals surface area contributed by atoms with Crippen LogP contribution in [0.3, 0.4) is 0 Å². The number of amides is 1. The normalized spacial score (nSPS) is 10.9. The van der Waals surface area contributed by atoms with Gasteiger partial charge in [0.1, 0.15) is 17.2 Å². The minimum absolute atomic E-state index is 0.156. The van der Waals surface area contributed by atoms with Gasteiger partial charge in [0.05, 0.1) is 23.9 Å². The molecule has 7 nitrogen and oxygen atoms in total. The van der Waals surface area contributed by atoms with E-state index in [1.165, 1.54) is 11.3 Å². The predicted octanol–water partition coefficient (Wildman–Crippen LogP) is 5.64. The first kappa shape index (κ1) is 21.7. The fourth-order valence-electron chi connectivity index (χ4n) is 3.53. The number of aromatic nitrogens is 3. The Bertz CT molecular complexity index is 1400. The first-order valence-electron chi connectivity index (χ1n) is 10.8. The lowest BCUT2D eigenvalue weighted by atomic mass is 10.2. The number of fused-ring (bicyclic) bond motifs is 1. The van der Waals surface area contributed by atoms with Crippen LogP contribution in [0, 0.1) is 0 Å². The number of carbonyl (C=O) groups is 1. The highest BCUT2D eigenvalue weighted by Gasteiger charge is 2.22. The van der Waals surface area contributed by atoms with Crippen molar-refractivity contribution in [3.63, 3.8) is 0 Å². The number of benzene rings is 3. The van der Waals surface area contributed by atoms with Crippen molar-refractivity contribution in [1.82, 2.24) is 14.8 Å². The number of hydrogen-bond acceptors (Lipinski definition) is 6. The molecule has 3 aromatic carbocycles. The molecule has 5 aromatic rings. The van der Waals surface area contributed by atoms with Crippen molar-refractivity contribution in [2.45, 2.75) is 6.54 Å². The summed E-state index contributed by atoms with van der Waals surface area (Å²) in [5.74, 6) is 1.90. The largest absolute Gasteiger partial charge is 0.497 e. The topological polar surface area (TPSA) is 69.5 Å². The SMILES string of the molecule is COc1ccc2nc(N(CCn3cccn3)C(=O)c3cccc(Oc4ccccc4)c3)sc2c1. The van der Waals surface area contributed by atoms with Crippen molar-refractivity contribution in [1.29, 1.82) is 0 Å². The Labute approximate surface area is 200 Å². The molecule has 0 saturated carbocycles. The first-order chi connectivity index (χ1) is 16.7. The van der Waals surface area contributed by atoms with E-state index in [0.717, 1.165) is 16.0 Å². The third-order valence-electron chi connectivity index (χ3n) is 5.23. The van der Waals surface area contributed by atoms with E-state index in [4.69, 9.17) is 14.5 Å². The van der Waals surface area contributed by atoms with Crippen LogP contribution < -0.4 is 14.4 Å². The van der Waals surface area contributed by atoms with Crippen LogP contribution in [0.15, 0.2) is 91.3 Å². The number of hydrogen-bond donors (Lipinski definition) is 0. The maximum Gasteiger partial charge on any atom is 0.260 e. The van der Waals surface area contributed by atoms with Gasteiger partial charge in [0.25, 0.3) is 5.91 Å². The summed E-state index contributed by atoms with van der Waals surface area (Å²) in [6, 6.07) is 24.3. The van der Waals surface area contributed by atoms with Gasteiger partial charge in [0.2, 0.25) is 0 Å². The van der Waals surface area contributed by atoms with Crippen LogP contribution in [0.5, 0.6) is 17.2 Å². The molecular formula is C26H22N4O3S. The number of para-hydroxylation sites is 1. The summed E-state index contributed by atoms with van der Waals surface area (Å²) in [5, 5.41) is 4.89. The van der Waals surface area contributed by atoms with Crippen molar-refractivity contribution in [2.75, 3.05) is 18.6 Å². The van der Waals surface area contributed by atoms with Crippen LogP contribution >= 0.6 is 11.3 Å². The van der Waals surface area contributed by atoms with Gasteiger partial charge >= 0.3 is 0 Å². The summed E-state index contributed by atoms with van der Waals surface area (Å²) < 4.78 is 14.0. The molecule has 0 unspecified atom stereocenters. The summed E-state index contributed by atoms with van der Waals surface area (Å²) >= 11 is 1.45.